The first-order valence-electron chi connectivity index (χ1n) is 7.13. The normalized spacial score (nSPS) is 16.0. The van der Waals surface area contributed by atoms with Crippen LogP contribution >= 0.6 is 12.4 Å². The molecule has 1 saturated heterocycles. The summed E-state index contributed by atoms with van der Waals surface area (Å²) in [6.07, 6.45) is 0.772. The number of hydrogen-bond acceptors (Lipinski definition) is 4. The lowest BCUT2D eigenvalue weighted by molar-refractivity contribution is 0.0337. The number of furan rings is 1. The molecule has 120 valence electrons. The van der Waals surface area contributed by atoms with Gasteiger partial charge in [0.1, 0.15) is 17.1 Å². The van der Waals surface area contributed by atoms with Crippen molar-refractivity contribution in [3.8, 4) is 0 Å². The molecule has 6 heteroatoms. The Morgan fingerprint density at radius 3 is 2.48 bits per heavy atom. The van der Waals surface area contributed by atoms with Crippen LogP contribution in [0.5, 0.6) is 0 Å². The van der Waals surface area contributed by atoms with E-state index < -0.39 is 5.97 Å². The predicted molar refractivity (Wildman–Crippen MR) is 82.3 cm³/mol. The molecule has 21 heavy (non-hydrogen) atoms. The fourth-order valence-corrected chi connectivity index (χ4v) is 2.61. The maximum absolute atomic E-state index is 11.5. The highest BCUT2D eigenvalue weighted by molar-refractivity contribution is 5.90. The molecule has 2 heterocycles. The number of halogens is 1. The van der Waals surface area contributed by atoms with Gasteiger partial charge in [-0.05, 0) is 12.8 Å². The summed E-state index contributed by atoms with van der Waals surface area (Å²) in [6.45, 7) is 9.67. The highest BCUT2D eigenvalue weighted by atomic mass is 35.5. The Labute approximate surface area is 131 Å². The molecule has 0 bridgehead atoms. The van der Waals surface area contributed by atoms with Crippen LogP contribution in [0.25, 0.3) is 0 Å². The van der Waals surface area contributed by atoms with Crippen molar-refractivity contribution in [1.82, 2.24) is 4.90 Å². The Hall–Kier alpha value is -1.04. The summed E-state index contributed by atoms with van der Waals surface area (Å²) in [5.74, 6) is 0.868. The smallest absolute Gasteiger partial charge is 0.339 e. The summed E-state index contributed by atoms with van der Waals surface area (Å²) in [7, 11) is 0. The van der Waals surface area contributed by atoms with Gasteiger partial charge in [0, 0.05) is 31.6 Å². The van der Waals surface area contributed by atoms with Gasteiger partial charge in [-0.15, -0.1) is 12.4 Å². The number of carbonyl (C=O) groups is 1. The van der Waals surface area contributed by atoms with E-state index in [1.807, 2.05) is 0 Å². The average Bonchev–Trinajstić information content (AvgIpc) is 2.66. The van der Waals surface area contributed by atoms with Crippen molar-refractivity contribution in [2.24, 2.45) is 5.92 Å². The third-order valence-electron chi connectivity index (χ3n) is 3.56. The Bertz CT molecular complexity index is 478. The number of aryl methyl sites for hydroxylation is 1. The van der Waals surface area contributed by atoms with Crippen molar-refractivity contribution < 1.29 is 19.1 Å². The summed E-state index contributed by atoms with van der Waals surface area (Å²) in [4.78, 5) is 13.7. The number of hydrogen-bond donors (Lipinski definition) is 1. The van der Waals surface area contributed by atoms with Crippen LogP contribution in [0.1, 0.15) is 41.3 Å². The quantitative estimate of drug-likeness (QED) is 0.904. The van der Waals surface area contributed by atoms with Crippen molar-refractivity contribution in [3.63, 3.8) is 0 Å². The highest BCUT2D eigenvalue weighted by Crippen LogP contribution is 2.26. The minimum atomic E-state index is -0.899. The lowest BCUT2D eigenvalue weighted by atomic mass is 10.0. The van der Waals surface area contributed by atoms with Gasteiger partial charge < -0.3 is 14.3 Å². The van der Waals surface area contributed by atoms with Crippen LogP contribution in [0.15, 0.2) is 4.42 Å². The molecule has 2 rings (SSSR count). The molecular formula is C15H24ClNO4. The van der Waals surface area contributed by atoms with E-state index >= 15 is 0 Å². The SMILES string of the molecule is Cc1oc(CC(C)C)c(CN2CCOCC2)c1C(=O)O.Cl. The molecule has 1 fully saturated rings. The topological polar surface area (TPSA) is 62.9 Å². The number of aromatic carboxylic acids is 1. The van der Waals surface area contributed by atoms with Gasteiger partial charge in [-0.25, -0.2) is 4.79 Å². The molecule has 1 aliphatic rings. The number of carboxylic acid groups (broad SMARTS) is 1. The highest BCUT2D eigenvalue weighted by Gasteiger charge is 2.25. The fourth-order valence-electron chi connectivity index (χ4n) is 2.61. The fraction of sp³-hybridized carbons (Fsp3) is 0.667. The predicted octanol–water partition coefficient (Wildman–Crippen LogP) is 2.74. The lowest BCUT2D eigenvalue weighted by Crippen LogP contribution is -2.36. The number of nitrogens with zero attached hydrogens (tertiary/aromatic N) is 1. The Balaban J connectivity index is 0.00000220. The van der Waals surface area contributed by atoms with Crippen LogP contribution in [0.4, 0.5) is 0 Å². The van der Waals surface area contributed by atoms with E-state index in [0.717, 1.165) is 30.8 Å². The van der Waals surface area contributed by atoms with Gasteiger partial charge in [-0.1, -0.05) is 13.8 Å². The van der Waals surface area contributed by atoms with Crippen molar-refractivity contribution >= 4 is 18.4 Å². The van der Waals surface area contributed by atoms with E-state index in [1.165, 1.54) is 0 Å². The van der Waals surface area contributed by atoms with Crippen molar-refractivity contribution in [1.29, 1.82) is 0 Å². The number of morpholine rings is 1. The maximum Gasteiger partial charge on any atom is 0.339 e. The molecule has 1 aromatic rings. The lowest BCUT2D eigenvalue weighted by Gasteiger charge is -2.26. The molecule has 0 aromatic carbocycles. The molecule has 0 unspecified atom stereocenters. The Morgan fingerprint density at radius 1 is 1.33 bits per heavy atom. The van der Waals surface area contributed by atoms with E-state index in [9.17, 15) is 9.90 Å². The molecular weight excluding hydrogens is 294 g/mol. The van der Waals surface area contributed by atoms with Gasteiger partial charge >= 0.3 is 5.97 Å². The number of rotatable bonds is 5. The van der Waals surface area contributed by atoms with Gasteiger partial charge in [-0.2, -0.15) is 0 Å². The van der Waals surface area contributed by atoms with Crippen molar-refractivity contribution in [2.75, 3.05) is 26.3 Å². The first-order chi connectivity index (χ1) is 9.49. The zero-order chi connectivity index (χ0) is 14.7. The van der Waals surface area contributed by atoms with Crippen LogP contribution < -0.4 is 0 Å². The Kier molecular flexibility index (Phi) is 6.71. The molecule has 0 spiro atoms. The second kappa shape index (κ2) is 7.82. The molecule has 0 amide bonds. The van der Waals surface area contributed by atoms with Crippen LogP contribution in [-0.2, 0) is 17.7 Å². The zero-order valence-corrected chi connectivity index (χ0v) is 13.7. The van der Waals surface area contributed by atoms with E-state index in [4.69, 9.17) is 9.15 Å². The maximum atomic E-state index is 11.5. The van der Waals surface area contributed by atoms with E-state index in [1.54, 1.807) is 6.92 Å². The number of carboxylic acids is 1. The third-order valence-corrected chi connectivity index (χ3v) is 3.56. The molecule has 0 radical (unpaired) electrons. The summed E-state index contributed by atoms with van der Waals surface area (Å²) < 4.78 is 11.1. The Morgan fingerprint density at radius 2 is 1.95 bits per heavy atom. The molecule has 1 N–H and O–H groups in total. The number of ether oxygens (including phenoxy) is 1. The molecule has 0 aliphatic carbocycles. The summed E-state index contributed by atoms with van der Waals surface area (Å²) >= 11 is 0. The van der Waals surface area contributed by atoms with Gasteiger partial charge in [-0.3, -0.25) is 4.90 Å². The molecule has 0 saturated carbocycles. The largest absolute Gasteiger partial charge is 0.478 e. The van der Waals surface area contributed by atoms with Crippen LogP contribution in [0, 0.1) is 12.8 Å². The van der Waals surface area contributed by atoms with Crippen molar-refractivity contribution in [3.05, 3.63) is 22.6 Å². The van der Waals surface area contributed by atoms with Gasteiger partial charge in [0.05, 0.1) is 13.2 Å². The molecule has 1 aliphatic heterocycles. The van der Waals surface area contributed by atoms with E-state index in [2.05, 4.69) is 18.7 Å². The van der Waals surface area contributed by atoms with Gasteiger partial charge in [0.15, 0.2) is 0 Å². The minimum Gasteiger partial charge on any atom is -0.478 e. The third kappa shape index (κ3) is 4.46. The van der Waals surface area contributed by atoms with Crippen LogP contribution in [0.2, 0.25) is 0 Å². The molecule has 0 atom stereocenters. The monoisotopic (exact) mass is 317 g/mol. The summed E-state index contributed by atoms with van der Waals surface area (Å²) in [5.41, 5.74) is 1.18. The second-order valence-electron chi connectivity index (χ2n) is 5.73. The summed E-state index contributed by atoms with van der Waals surface area (Å²) in [5, 5.41) is 9.42. The van der Waals surface area contributed by atoms with E-state index in [-0.39, 0.29) is 12.4 Å². The van der Waals surface area contributed by atoms with E-state index in [0.29, 0.717) is 37.0 Å². The average molecular weight is 318 g/mol. The minimum absolute atomic E-state index is 0. The van der Waals surface area contributed by atoms with Crippen LogP contribution in [0.3, 0.4) is 0 Å². The summed E-state index contributed by atoms with van der Waals surface area (Å²) in [6, 6.07) is 0. The first-order valence-corrected chi connectivity index (χ1v) is 7.13. The van der Waals surface area contributed by atoms with Gasteiger partial charge in [0.25, 0.3) is 0 Å². The molecule has 5 nitrogen and oxygen atoms in total. The first kappa shape index (κ1) is 18.0. The van der Waals surface area contributed by atoms with Crippen molar-refractivity contribution in [2.45, 2.75) is 33.7 Å². The zero-order valence-electron chi connectivity index (χ0n) is 12.8. The second-order valence-corrected chi connectivity index (χ2v) is 5.73. The molecule has 1 aromatic heterocycles. The van der Waals surface area contributed by atoms with Gasteiger partial charge in [0.2, 0.25) is 0 Å². The standard InChI is InChI=1S/C15H23NO4.ClH/c1-10(2)8-13-12(9-16-4-6-19-7-5-16)14(15(17)18)11(3)20-13;/h10H,4-9H2,1-3H3,(H,17,18);1H. The van der Waals surface area contributed by atoms with Crippen LogP contribution in [-0.4, -0.2) is 42.3 Å².